The molecule has 0 aliphatic rings. The van der Waals surface area contributed by atoms with Crippen LogP contribution >= 0.6 is 11.6 Å². The molecule has 4 heteroatoms. The monoisotopic (exact) mass is 292 g/mol. The van der Waals surface area contributed by atoms with Gasteiger partial charge in [0.2, 0.25) is 0 Å². The van der Waals surface area contributed by atoms with Gasteiger partial charge in [0.05, 0.1) is 0 Å². The Labute approximate surface area is 124 Å². The third-order valence-electron chi connectivity index (χ3n) is 3.26. The van der Waals surface area contributed by atoms with Crippen LogP contribution in [0.2, 0.25) is 5.02 Å². The zero-order valence-corrected chi connectivity index (χ0v) is 12.2. The molecule has 0 fully saturated rings. The summed E-state index contributed by atoms with van der Waals surface area (Å²) in [5.74, 6) is -0.254. The first-order valence-corrected chi connectivity index (χ1v) is 7.15. The predicted molar refractivity (Wildman–Crippen MR) is 80.4 cm³/mol. The number of aromatic nitrogens is 1. The van der Waals surface area contributed by atoms with Crippen molar-refractivity contribution >= 4 is 11.6 Å². The number of hydrogen-bond donors (Lipinski definition) is 1. The topological polar surface area (TPSA) is 24.9 Å². The Hall–Kier alpha value is -1.45. The van der Waals surface area contributed by atoms with E-state index < -0.39 is 0 Å². The van der Waals surface area contributed by atoms with Crippen LogP contribution in [0.15, 0.2) is 42.7 Å². The van der Waals surface area contributed by atoms with E-state index in [2.05, 4.69) is 10.3 Å². The molecule has 106 valence electrons. The largest absolute Gasteiger partial charge is 0.310 e. The molecule has 2 aromatic rings. The van der Waals surface area contributed by atoms with Gasteiger partial charge in [-0.15, -0.1) is 0 Å². The maximum atomic E-state index is 13.4. The van der Waals surface area contributed by atoms with Gasteiger partial charge in [0, 0.05) is 23.5 Å². The van der Waals surface area contributed by atoms with Crippen molar-refractivity contribution in [1.29, 1.82) is 0 Å². The van der Waals surface area contributed by atoms with Gasteiger partial charge in [0.1, 0.15) is 5.82 Å². The van der Waals surface area contributed by atoms with Gasteiger partial charge >= 0.3 is 0 Å². The molecule has 2 rings (SSSR count). The van der Waals surface area contributed by atoms with Crippen molar-refractivity contribution in [1.82, 2.24) is 10.3 Å². The second-order valence-electron chi connectivity index (χ2n) is 4.67. The summed E-state index contributed by atoms with van der Waals surface area (Å²) in [4.78, 5) is 4.01. The standard InChI is InChI=1S/C16H18ClFN2/c1-2-20-16(6-3-12-7-9-19-10-8-12)14-11-13(18)4-5-15(14)17/h4-5,7-11,16,20H,2-3,6H2,1H3. The molecule has 20 heavy (non-hydrogen) atoms. The number of aryl methyl sites for hydroxylation is 1. The van der Waals surface area contributed by atoms with Crippen LogP contribution in [0.4, 0.5) is 4.39 Å². The van der Waals surface area contributed by atoms with Crippen LogP contribution in [0.5, 0.6) is 0 Å². The van der Waals surface area contributed by atoms with Gasteiger partial charge in [-0.3, -0.25) is 4.98 Å². The van der Waals surface area contributed by atoms with Crippen LogP contribution in [0.1, 0.15) is 30.5 Å². The van der Waals surface area contributed by atoms with Crippen LogP contribution in [0, 0.1) is 5.82 Å². The molecule has 1 unspecified atom stereocenters. The summed E-state index contributed by atoms with van der Waals surface area (Å²) in [6.07, 6.45) is 5.33. The third-order valence-corrected chi connectivity index (χ3v) is 3.60. The van der Waals surface area contributed by atoms with Gasteiger partial charge in [0.15, 0.2) is 0 Å². The Kier molecular flexibility index (Phi) is 5.50. The molecule has 1 N–H and O–H groups in total. The third kappa shape index (κ3) is 4.02. The Balaban J connectivity index is 2.12. The van der Waals surface area contributed by atoms with E-state index in [-0.39, 0.29) is 11.9 Å². The van der Waals surface area contributed by atoms with Crippen LogP contribution < -0.4 is 5.32 Å². The summed E-state index contributed by atoms with van der Waals surface area (Å²) in [6.45, 7) is 2.85. The Morgan fingerprint density at radius 2 is 2.00 bits per heavy atom. The SMILES string of the molecule is CCNC(CCc1ccncc1)c1cc(F)ccc1Cl. The first kappa shape index (κ1) is 14.9. The number of rotatable bonds is 6. The fourth-order valence-electron chi connectivity index (χ4n) is 2.26. The van der Waals surface area contributed by atoms with Crippen molar-refractivity contribution < 1.29 is 4.39 Å². The Morgan fingerprint density at radius 3 is 2.70 bits per heavy atom. The molecule has 0 bridgehead atoms. The van der Waals surface area contributed by atoms with E-state index in [1.54, 1.807) is 18.5 Å². The van der Waals surface area contributed by atoms with Gasteiger partial charge in [-0.25, -0.2) is 4.39 Å². The molecule has 1 atom stereocenters. The minimum atomic E-state index is -0.254. The number of pyridine rings is 1. The lowest BCUT2D eigenvalue weighted by Gasteiger charge is -2.19. The van der Waals surface area contributed by atoms with E-state index in [0.717, 1.165) is 24.9 Å². The lowest BCUT2D eigenvalue weighted by Crippen LogP contribution is -2.22. The van der Waals surface area contributed by atoms with Crippen molar-refractivity contribution in [3.63, 3.8) is 0 Å². The fourth-order valence-corrected chi connectivity index (χ4v) is 2.51. The highest BCUT2D eigenvalue weighted by atomic mass is 35.5. The number of nitrogens with zero attached hydrogens (tertiary/aromatic N) is 1. The van der Waals surface area contributed by atoms with E-state index >= 15 is 0 Å². The minimum Gasteiger partial charge on any atom is -0.310 e. The van der Waals surface area contributed by atoms with E-state index in [9.17, 15) is 4.39 Å². The second kappa shape index (κ2) is 7.36. The molecule has 0 amide bonds. The highest BCUT2D eigenvalue weighted by molar-refractivity contribution is 6.31. The second-order valence-corrected chi connectivity index (χ2v) is 5.08. The summed E-state index contributed by atoms with van der Waals surface area (Å²) < 4.78 is 13.4. The highest BCUT2D eigenvalue weighted by Gasteiger charge is 2.14. The van der Waals surface area contributed by atoms with Crippen molar-refractivity contribution in [2.45, 2.75) is 25.8 Å². The zero-order chi connectivity index (χ0) is 14.4. The number of benzene rings is 1. The van der Waals surface area contributed by atoms with Gasteiger partial charge < -0.3 is 5.32 Å². The first-order valence-electron chi connectivity index (χ1n) is 6.78. The number of nitrogens with one attached hydrogen (secondary N) is 1. The van der Waals surface area contributed by atoms with E-state index in [4.69, 9.17) is 11.6 Å². The molecule has 1 aromatic heterocycles. The van der Waals surface area contributed by atoms with Gasteiger partial charge in [-0.1, -0.05) is 18.5 Å². The molecule has 0 saturated carbocycles. The highest BCUT2D eigenvalue weighted by Crippen LogP contribution is 2.27. The molecular formula is C16H18ClFN2. The van der Waals surface area contributed by atoms with Crippen molar-refractivity contribution in [2.75, 3.05) is 6.54 Å². The molecule has 0 radical (unpaired) electrons. The van der Waals surface area contributed by atoms with Gasteiger partial charge in [0.25, 0.3) is 0 Å². The molecule has 2 nitrogen and oxygen atoms in total. The zero-order valence-electron chi connectivity index (χ0n) is 11.4. The molecule has 1 aromatic carbocycles. The lowest BCUT2D eigenvalue weighted by molar-refractivity contribution is 0.511. The Morgan fingerprint density at radius 1 is 1.25 bits per heavy atom. The van der Waals surface area contributed by atoms with Crippen molar-refractivity contribution in [3.05, 3.63) is 64.7 Å². The smallest absolute Gasteiger partial charge is 0.123 e. The number of halogens is 2. The lowest BCUT2D eigenvalue weighted by atomic mass is 9.99. The molecule has 0 saturated heterocycles. The molecule has 0 spiro atoms. The average molecular weight is 293 g/mol. The van der Waals surface area contributed by atoms with Crippen LogP contribution in [-0.4, -0.2) is 11.5 Å². The maximum absolute atomic E-state index is 13.4. The molecular weight excluding hydrogens is 275 g/mol. The molecule has 0 aliphatic heterocycles. The summed E-state index contributed by atoms with van der Waals surface area (Å²) in [6, 6.07) is 8.56. The number of hydrogen-bond acceptors (Lipinski definition) is 2. The van der Waals surface area contributed by atoms with E-state index in [0.29, 0.717) is 5.02 Å². The minimum absolute atomic E-state index is 0.0522. The van der Waals surface area contributed by atoms with Crippen LogP contribution in [0.3, 0.4) is 0 Å². The Bertz CT molecular complexity index is 545. The van der Waals surface area contributed by atoms with Crippen LogP contribution in [-0.2, 0) is 6.42 Å². The van der Waals surface area contributed by atoms with Gasteiger partial charge in [-0.05, 0) is 60.8 Å². The normalized spacial score (nSPS) is 12.3. The van der Waals surface area contributed by atoms with Crippen molar-refractivity contribution in [2.24, 2.45) is 0 Å². The summed E-state index contributed by atoms with van der Waals surface area (Å²) in [7, 11) is 0. The first-order chi connectivity index (χ1) is 9.70. The maximum Gasteiger partial charge on any atom is 0.123 e. The van der Waals surface area contributed by atoms with Gasteiger partial charge in [-0.2, -0.15) is 0 Å². The molecule has 0 aliphatic carbocycles. The average Bonchev–Trinajstić information content (AvgIpc) is 2.47. The quantitative estimate of drug-likeness (QED) is 0.865. The van der Waals surface area contributed by atoms with E-state index in [1.807, 2.05) is 19.1 Å². The van der Waals surface area contributed by atoms with Crippen LogP contribution in [0.25, 0.3) is 0 Å². The predicted octanol–water partition coefficient (Wildman–Crippen LogP) is 4.16. The summed E-state index contributed by atoms with van der Waals surface area (Å²) in [5, 5.41) is 3.97. The summed E-state index contributed by atoms with van der Waals surface area (Å²) >= 11 is 6.19. The van der Waals surface area contributed by atoms with Crippen molar-refractivity contribution in [3.8, 4) is 0 Å². The van der Waals surface area contributed by atoms with E-state index in [1.165, 1.54) is 17.7 Å². The summed E-state index contributed by atoms with van der Waals surface area (Å²) in [5.41, 5.74) is 2.04. The fraction of sp³-hybridized carbons (Fsp3) is 0.312. The molecule has 1 heterocycles.